The largest absolute Gasteiger partial charge is 0.286 e. The van der Waals surface area contributed by atoms with Crippen molar-refractivity contribution in [3.63, 3.8) is 0 Å². The van der Waals surface area contributed by atoms with Gasteiger partial charge in [-0.25, -0.2) is 4.39 Å². The molecule has 0 radical (unpaired) electrons. The molecule has 0 saturated heterocycles. The Balaban J connectivity index is 2.24. The minimum absolute atomic E-state index is 0.222. The Morgan fingerprint density at radius 3 is 3.00 bits per heavy atom. The van der Waals surface area contributed by atoms with Crippen LogP contribution in [0.3, 0.4) is 0 Å². The Morgan fingerprint density at radius 2 is 2.25 bits per heavy atom. The molecule has 0 aromatic carbocycles. The molecule has 0 fully saturated rings. The van der Waals surface area contributed by atoms with Gasteiger partial charge in [0.15, 0.2) is 11.5 Å². The number of aromatic nitrogens is 5. The molecule has 0 spiro atoms. The monoisotopic (exact) mass is 217 g/mol. The van der Waals surface area contributed by atoms with Gasteiger partial charge in [0.25, 0.3) is 0 Å². The van der Waals surface area contributed by atoms with Crippen molar-refractivity contribution >= 4 is 5.65 Å². The average molecular weight is 217 g/mol. The molecule has 0 aliphatic rings. The Bertz CT molecular complexity index is 654. The van der Waals surface area contributed by atoms with Gasteiger partial charge >= 0.3 is 0 Å². The lowest BCUT2D eigenvalue weighted by Crippen LogP contribution is -1.92. The smallest absolute Gasteiger partial charge is 0.196 e. The van der Waals surface area contributed by atoms with Gasteiger partial charge in [0.1, 0.15) is 6.33 Å². The normalized spacial score (nSPS) is 11.1. The van der Waals surface area contributed by atoms with Gasteiger partial charge in [-0.3, -0.25) is 9.08 Å². The van der Waals surface area contributed by atoms with Gasteiger partial charge in [-0.1, -0.05) is 0 Å². The van der Waals surface area contributed by atoms with Crippen LogP contribution >= 0.6 is 0 Å². The first kappa shape index (κ1) is 9.02. The molecule has 0 aliphatic carbocycles. The van der Waals surface area contributed by atoms with Gasteiger partial charge in [0.2, 0.25) is 0 Å². The highest BCUT2D eigenvalue weighted by molar-refractivity contribution is 5.60. The first-order valence-electron chi connectivity index (χ1n) is 4.73. The van der Waals surface area contributed by atoms with Crippen LogP contribution in [0.1, 0.15) is 0 Å². The zero-order valence-corrected chi connectivity index (χ0v) is 8.50. The van der Waals surface area contributed by atoms with Crippen molar-refractivity contribution in [3.05, 3.63) is 36.7 Å². The fraction of sp³-hybridized carbons (Fsp3) is 0.100. The SMILES string of the molecule is Cn1ccc(-c2cc(F)c3nncn3c2)n1. The van der Waals surface area contributed by atoms with Gasteiger partial charge in [-0.15, -0.1) is 10.2 Å². The third-order valence-electron chi connectivity index (χ3n) is 2.36. The number of hydrogen-bond acceptors (Lipinski definition) is 3. The average Bonchev–Trinajstić information content (AvgIpc) is 2.85. The molecule has 5 nitrogen and oxygen atoms in total. The van der Waals surface area contributed by atoms with Crippen LogP contribution in [0, 0.1) is 5.82 Å². The van der Waals surface area contributed by atoms with Gasteiger partial charge in [-0.2, -0.15) is 5.10 Å². The summed E-state index contributed by atoms with van der Waals surface area (Å²) >= 11 is 0. The maximum atomic E-state index is 13.6. The molecule has 6 heteroatoms. The van der Waals surface area contributed by atoms with E-state index in [2.05, 4.69) is 15.3 Å². The number of nitrogens with zero attached hydrogens (tertiary/aromatic N) is 5. The van der Waals surface area contributed by atoms with Crippen LogP contribution in [0.4, 0.5) is 4.39 Å². The highest BCUT2D eigenvalue weighted by atomic mass is 19.1. The van der Waals surface area contributed by atoms with Gasteiger partial charge in [-0.05, 0) is 12.1 Å². The van der Waals surface area contributed by atoms with Crippen LogP contribution in [0.5, 0.6) is 0 Å². The van der Waals surface area contributed by atoms with Gasteiger partial charge in [0.05, 0.1) is 5.69 Å². The fourth-order valence-electron chi connectivity index (χ4n) is 1.61. The molecule has 0 bridgehead atoms. The maximum absolute atomic E-state index is 13.6. The summed E-state index contributed by atoms with van der Waals surface area (Å²) in [5.41, 5.74) is 1.64. The van der Waals surface area contributed by atoms with E-state index >= 15 is 0 Å². The van der Waals surface area contributed by atoms with E-state index in [0.717, 1.165) is 5.69 Å². The quantitative estimate of drug-likeness (QED) is 0.616. The Kier molecular flexibility index (Phi) is 1.76. The number of pyridine rings is 1. The minimum atomic E-state index is -0.402. The number of halogens is 1. The van der Waals surface area contributed by atoms with E-state index < -0.39 is 5.82 Å². The van der Waals surface area contributed by atoms with Gasteiger partial charge < -0.3 is 0 Å². The van der Waals surface area contributed by atoms with Crippen LogP contribution in [-0.4, -0.2) is 24.4 Å². The van der Waals surface area contributed by atoms with Crippen molar-refractivity contribution in [2.24, 2.45) is 7.05 Å². The van der Waals surface area contributed by atoms with Crippen LogP contribution < -0.4 is 0 Å². The summed E-state index contributed by atoms with van der Waals surface area (Å²) in [4.78, 5) is 0. The highest BCUT2D eigenvalue weighted by Crippen LogP contribution is 2.19. The van der Waals surface area contributed by atoms with Crippen LogP contribution in [0.2, 0.25) is 0 Å². The summed E-state index contributed by atoms with van der Waals surface area (Å²) in [5.74, 6) is -0.402. The van der Waals surface area contributed by atoms with Crippen molar-refractivity contribution in [3.8, 4) is 11.3 Å². The molecule has 80 valence electrons. The molecule has 0 atom stereocenters. The van der Waals surface area contributed by atoms with E-state index in [1.165, 1.54) is 12.4 Å². The zero-order chi connectivity index (χ0) is 11.1. The molecule has 0 amide bonds. The molecular formula is C10H8FN5. The predicted octanol–water partition coefficient (Wildman–Crippen LogP) is 1.27. The Hall–Kier alpha value is -2.24. The van der Waals surface area contributed by atoms with Crippen LogP contribution in [-0.2, 0) is 7.05 Å². The second-order valence-electron chi connectivity index (χ2n) is 3.51. The van der Waals surface area contributed by atoms with Crippen molar-refractivity contribution in [1.29, 1.82) is 0 Å². The Morgan fingerprint density at radius 1 is 1.38 bits per heavy atom. The summed E-state index contributed by atoms with van der Waals surface area (Å²) in [6, 6.07) is 3.23. The first-order chi connectivity index (χ1) is 7.74. The first-order valence-corrected chi connectivity index (χ1v) is 4.73. The lowest BCUT2D eigenvalue weighted by atomic mass is 10.2. The lowest BCUT2D eigenvalue weighted by Gasteiger charge is -1.99. The number of aryl methyl sites for hydroxylation is 1. The molecule has 0 aliphatic heterocycles. The van der Waals surface area contributed by atoms with E-state index in [1.54, 1.807) is 15.3 Å². The zero-order valence-electron chi connectivity index (χ0n) is 8.50. The summed E-state index contributed by atoms with van der Waals surface area (Å²) in [5, 5.41) is 11.5. The molecule has 0 N–H and O–H groups in total. The van der Waals surface area contributed by atoms with E-state index in [-0.39, 0.29) is 5.65 Å². The van der Waals surface area contributed by atoms with E-state index in [4.69, 9.17) is 0 Å². The second kappa shape index (κ2) is 3.13. The minimum Gasteiger partial charge on any atom is -0.286 e. The lowest BCUT2D eigenvalue weighted by molar-refractivity contribution is 0.630. The molecule has 3 rings (SSSR count). The van der Waals surface area contributed by atoms with Crippen molar-refractivity contribution in [1.82, 2.24) is 24.4 Å². The van der Waals surface area contributed by atoms with E-state index in [9.17, 15) is 4.39 Å². The fourth-order valence-corrected chi connectivity index (χ4v) is 1.61. The summed E-state index contributed by atoms with van der Waals surface area (Å²) in [6.45, 7) is 0. The molecule has 3 aromatic heterocycles. The molecule has 3 aromatic rings. The molecule has 3 heterocycles. The molecule has 0 unspecified atom stereocenters. The molecule has 0 saturated carbocycles. The summed E-state index contributed by atoms with van der Waals surface area (Å²) < 4.78 is 16.8. The van der Waals surface area contributed by atoms with E-state index in [1.807, 2.05) is 19.3 Å². The van der Waals surface area contributed by atoms with Crippen molar-refractivity contribution in [2.75, 3.05) is 0 Å². The Labute approximate surface area is 90.2 Å². The number of rotatable bonds is 1. The third kappa shape index (κ3) is 1.27. The molecule has 16 heavy (non-hydrogen) atoms. The maximum Gasteiger partial charge on any atom is 0.196 e. The van der Waals surface area contributed by atoms with Crippen molar-refractivity contribution in [2.45, 2.75) is 0 Å². The van der Waals surface area contributed by atoms with E-state index in [0.29, 0.717) is 5.56 Å². The van der Waals surface area contributed by atoms with Gasteiger partial charge in [0, 0.05) is 25.0 Å². The second-order valence-corrected chi connectivity index (χ2v) is 3.51. The predicted molar refractivity (Wildman–Crippen MR) is 55.1 cm³/mol. The van der Waals surface area contributed by atoms with Crippen LogP contribution in [0.25, 0.3) is 16.9 Å². The highest BCUT2D eigenvalue weighted by Gasteiger charge is 2.08. The number of hydrogen-bond donors (Lipinski definition) is 0. The summed E-state index contributed by atoms with van der Waals surface area (Å²) in [6.07, 6.45) is 5.02. The number of fused-ring (bicyclic) bond motifs is 1. The standard InChI is InChI=1S/C10H8FN5/c1-15-3-2-9(14-15)7-4-8(11)10-13-12-6-16(10)5-7/h2-6H,1H3. The summed E-state index contributed by atoms with van der Waals surface area (Å²) in [7, 11) is 1.82. The third-order valence-corrected chi connectivity index (χ3v) is 2.36. The topological polar surface area (TPSA) is 48.0 Å². The molecular weight excluding hydrogens is 209 g/mol. The van der Waals surface area contributed by atoms with Crippen molar-refractivity contribution < 1.29 is 4.39 Å². The van der Waals surface area contributed by atoms with Crippen LogP contribution in [0.15, 0.2) is 30.9 Å².